The van der Waals surface area contributed by atoms with Crippen LogP contribution in [0.25, 0.3) is 0 Å². The first kappa shape index (κ1) is 15.8. The summed E-state index contributed by atoms with van der Waals surface area (Å²) in [5.41, 5.74) is -0.652. The zero-order valence-corrected chi connectivity index (χ0v) is 13.2. The SMILES string of the molecule is CNc1nc(NCC2(O)CCCCCC2)nc(N(C)C)n1. The molecule has 0 unspecified atom stereocenters. The molecule has 0 saturated heterocycles. The molecule has 0 bridgehead atoms. The maximum Gasteiger partial charge on any atom is 0.231 e. The third-order valence-electron chi connectivity index (χ3n) is 3.86. The van der Waals surface area contributed by atoms with E-state index in [1.807, 2.05) is 19.0 Å². The van der Waals surface area contributed by atoms with E-state index in [0.29, 0.717) is 24.4 Å². The molecular formula is C14H26N6O. The molecule has 1 heterocycles. The summed E-state index contributed by atoms with van der Waals surface area (Å²) in [6.07, 6.45) is 6.26. The third kappa shape index (κ3) is 4.42. The van der Waals surface area contributed by atoms with E-state index in [1.165, 1.54) is 12.8 Å². The van der Waals surface area contributed by atoms with E-state index in [4.69, 9.17) is 0 Å². The van der Waals surface area contributed by atoms with Gasteiger partial charge in [0.1, 0.15) is 0 Å². The number of aromatic nitrogens is 3. The predicted octanol–water partition coefficient (Wildman–Crippen LogP) is 1.48. The van der Waals surface area contributed by atoms with Crippen LogP contribution in [0, 0.1) is 0 Å². The van der Waals surface area contributed by atoms with Gasteiger partial charge in [-0.05, 0) is 12.8 Å². The van der Waals surface area contributed by atoms with Crippen molar-refractivity contribution in [3.8, 4) is 0 Å². The van der Waals surface area contributed by atoms with Gasteiger partial charge in [0.2, 0.25) is 17.8 Å². The molecule has 1 fully saturated rings. The van der Waals surface area contributed by atoms with Gasteiger partial charge in [-0.2, -0.15) is 15.0 Å². The topological polar surface area (TPSA) is 86.2 Å². The lowest BCUT2D eigenvalue weighted by Crippen LogP contribution is -2.36. The molecule has 1 aromatic heterocycles. The van der Waals surface area contributed by atoms with Crippen LogP contribution in [-0.4, -0.2) is 53.3 Å². The Morgan fingerprint density at radius 2 is 1.67 bits per heavy atom. The highest BCUT2D eigenvalue weighted by Crippen LogP contribution is 2.27. The summed E-state index contributed by atoms with van der Waals surface area (Å²) in [6, 6.07) is 0. The first-order valence-electron chi connectivity index (χ1n) is 7.60. The monoisotopic (exact) mass is 294 g/mol. The van der Waals surface area contributed by atoms with Gasteiger partial charge < -0.3 is 20.6 Å². The molecule has 1 saturated carbocycles. The van der Waals surface area contributed by atoms with Gasteiger partial charge in [0.05, 0.1) is 5.60 Å². The van der Waals surface area contributed by atoms with E-state index in [1.54, 1.807) is 7.05 Å². The molecule has 7 heteroatoms. The zero-order valence-electron chi connectivity index (χ0n) is 13.2. The molecular weight excluding hydrogens is 268 g/mol. The minimum Gasteiger partial charge on any atom is -0.388 e. The van der Waals surface area contributed by atoms with Crippen LogP contribution >= 0.6 is 0 Å². The Kier molecular flexibility index (Phi) is 5.17. The van der Waals surface area contributed by atoms with Crippen molar-refractivity contribution < 1.29 is 5.11 Å². The molecule has 0 amide bonds. The number of hydrogen-bond acceptors (Lipinski definition) is 7. The highest BCUT2D eigenvalue weighted by molar-refractivity contribution is 5.42. The standard InChI is InChI=1S/C14H26N6O/c1-15-11-17-12(19-13(18-11)20(2)3)16-10-14(21)8-6-4-5-7-9-14/h21H,4-10H2,1-3H3,(H2,15,16,17,18,19). The van der Waals surface area contributed by atoms with E-state index in [9.17, 15) is 5.11 Å². The number of aliphatic hydroxyl groups is 1. The second-order valence-corrected chi connectivity index (χ2v) is 5.92. The third-order valence-corrected chi connectivity index (χ3v) is 3.86. The Morgan fingerprint density at radius 3 is 2.24 bits per heavy atom. The molecule has 1 aliphatic carbocycles. The van der Waals surface area contributed by atoms with Gasteiger partial charge in [0.15, 0.2) is 0 Å². The fraction of sp³-hybridized carbons (Fsp3) is 0.786. The number of rotatable bonds is 5. The van der Waals surface area contributed by atoms with Crippen LogP contribution < -0.4 is 15.5 Å². The van der Waals surface area contributed by atoms with Gasteiger partial charge in [-0.25, -0.2) is 0 Å². The van der Waals surface area contributed by atoms with E-state index < -0.39 is 5.60 Å². The zero-order chi connectivity index (χ0) is 15.3. The number of nitrogens with one attached hydrogen (secondary N) is 2. The molecule has 0 atom stereocenters. The van der Waals surface area contributed by atoms with Crippen molar-refractivity contribution in [1.29, 1.82) is 0 Å². The molecule has 0 radical (unpaired) electrons. The van der Waals surface area contributed by atoms with Crippen LogP contribution in [0.3, 0.4) is 0 Å². The van der Waals surface area contributed by atoms with Crippen molar-refractivity contribution in [2.75, 3.05) is 43.2 Å². The average molecular weight is 294 g/mol. The minimum absolute atomic E-state index is 0.479. The summed E-state index contributed by atoms with van der Waals surface area (Å²) in [5.74, 6) is 1.60. The van der Waals surface area contributed by atoms with Gasteiger partial charge in [-0.3, -0.25) is 0 Å². The second kappa shape index (κ2) is 6.89. The maximum absolute atomic E-state index is 10.7. The smallest absolute Gasteiger partial charge is 0.231 e. The molecule has 0 aromatic carbocycles. The van der Waals surface area contributed by atoms with E-state index in [-0.39, 0.29) is 0 Å². The van der Waals surface area contributed by atoms with Crippen LogP contribution in [-0.2, 0) is 0 Å². The van der Waals surface area contributed by atoms with Crippen molar-refractivity contribution in [1.82, 2.24) is 15.0 Å². The normalized spacial score (nSPS) is 17.9. The van der Waals surface area contributed by atoms with E-state index >= 15 is 0 Å². The lowest BCUT2D eigenvalue weighted by atomic mass is 9.95. The Balaban J connectivity index is 2.06. The van der Waals surface area contributed by atoms with Crippen LogP contribution in [0.4, 0.5) is 17.8 Å². The molecule has 7 nitrogen and oxygen atoms in total. The molecule has 0 spiro atoms. The molecule has 2 rings (SSSR count). The van der Waals surface area contributed by atoms with E-state index in [0.717, 1.165) is 25.7 Å². The maximum atomic E-state index is 10.7. The fourth-order valence-electron chi connectivity index (χ4n) is 2.56. The summed E-state index contributed by atoms with van der Waals surface area (Å²) in [7, 11) is 5.55. The molecule has 0 aliphatic heterocycles. The van der Waals surface area contributed by atoms with Gasteiger partial charge in [0, 0.05) is 27.7 Å². The number of nitrogens with zero attached hydrogens (tertiary/aromatic N) is 4. The first-order chi connectivity index (χ1) is 10.0. The van der Waals surface area contributed by atoms with Gasteiger partial charge >= 0.3 is 0 Å². The number of hydrogen-bond donors (Lipinski definition) is 3. The molecule has 118 valence electrons. The Morgan fingerprint density at radius 1 is 1.05 bits per heavy atom. The molecule has 21 heavy (non-hydrogen) atoms. The van der Waals surface area contributed by atoms with Crippen molar-refractivity contribution in [3.05, 3.63) is 0 Å². The van der Waals surface area contributed by atoms with Crippen LogP contribution in [0.5, 0.6) is 0 Å². The summed E-state index contributed by atoms with van der Waals surface area (Å²) < 4.78 is 0. The lowest BCUT2D eigenvalue weighted by molar-refractivity contribution is 0.0379. The largest absolute Gasteiger partial charge is 0.388 e. The van der Waals surface area contributed by atoms with Crippen LogP contribution in [0.2, 0.25) is 0 Å². The van der Waals surface area contributed by atoms with E-state index in [2.05, 4.69) is 25.6 Å². The lowest BCUT2D eigenvalue weighted by Gasteiger charge is -2.27. The van der Waals surface area contributed by atoms with Gasteiger partial charge in [0.25, 0.3) is 0 Å². The van der Waals surface area contributed by atoms with Gasteiger partial charge in [-0.1, -0.05) is 25.7 Å². The quantitative estimate of drug-likeness (QED) is 0.709. The first-order valence-corrected chi connectivity index (χ1v) is 7.60. The Bertz CT molecular complexity index is 457. The van der Waals surface area contributed by atoms with Crippen LogP contribution in [0.1, 0.15) is 38.5 Å². The average Bonchev–Trinajstić information content (AvgIpc) is 2.70. The highest BCUT2D eigenvalue weighted by atomic mass is 16.3. The molecule has 3 N–H and O–H groups in total. The summed E-state index contributed by atoms with van der Waals surface area (Å²) in [5, 5.41) is 16.8. The van der Waals surface area contributed by atoms with Crippen molar-refractivity contribution >= 4 is 17.8 Å². The summed E-state index contributed by atoms with van der Waals surface area (Å²) >= 11 is 0. The fourth-order valence-corrected chi connectivity index (χ4v) is 2.56. The van der Waals surface area contributed by atoms with Crippen molar-refractivity contribution in [3.63, 3.8) is 0 Å². The molecule has 1 aliphatic rings. The Hall–Kier alpha value is -1.63. The number of anilines is 3. The summed E-state index contributed by atoms with van der Waals surface area (Å²) in [4.78, 5) is 14.7. The Labute approximate surface area is 126 Å². The van der Waals surface area contributed by atoms with Gasteiger partial charge in [-0.15, -0.1) is 0 Å². The van der Waals surface area contributed by atoms with Crippen molar-refractivity contribution in [2.45, 2.75) is 44.1 Å². The summed E-state index contributed by atoms with van der Waals surface area (Å²) in [6.45, 7) is 0.479. The predicted molar refractivity (Wildman–Crippen MR) is 84.8 cm³/mol. The molecule has 1 aromatic rings. The minimum atomic E-state index is -0.652. The van der Waals surface area contributed by atoms with Crippen LogP contribution in [0.15, 0.2) is 0 Å². The van der Waals surface area contributed by atoms with Crippen molar-refractivity contribution in [2.24, 2.45) is 0 Å². The second-order valence-electron chi connectivity index (χ2n) is 5.92. The highest BCUT2D eigenvalue weighted by Gasteiger charge is 2.28.